The van der Waals surface area contributed by atoms with Crippen molar-refractivity contribution in [3.8, 4) is 0 Å². The van der Waals surface area contributed by atoms with Crippen LogP contribution >= 0.6 is 0 Å². The van der Waals surface area contributed by atoms with E-state index in [1.54, 1.807) is 12.1 Å². The van der Waals surface area contributed by atoms with Crippen molar-refractivity contribution in [2.75, 3.05) is 0 Å². The molecule has 1 N–H and O–H groups in total. The molecule has 0 saturated carbocycles. The normalized spacial score (nSPS) is 25.4. The lowest BCUT2D eigenvalue weighted by Gasteiger charge is -2.26. The Morgan fingerprint density at radius 1 is 1.33 bits per heavy atom. The fourth-order valence-electron chi connectivity index (χ4n) is 2.08. The minimum atomic E-state index is -4.59. The molecule has 0 bridgehead atoms. The number of alkyl halides is 3. The zero-order chi connectivity index (χ0) is 11.3. The zero-order valence-corrected chi connectivity index (χ0v) is 8.23. The highest BCUT2D eigenvalue weighted by molar-refractivity contribution is 5.40. The molecule has 0 amide bonds. The molecule has 0 spiro atoms. The standard InChI is InChI=1S/C11H11F3O/c1-7-2-3-9-8(6-7)4-5-10(9,15)11(12,13)14/h2-3,6,15H,4-5H2,1H3. The third kappa shape index (κ3) is 1.44. The van der Waals surface area contributed by atoms with Gasteiger partial charge in [-0.25, -0.2) is 0 Å². The second-order valence-corrected chi connectivity index (χ2v) is 4.02. The molecule has 15 heavy (non-hydrogen) atoms. The summed E-state index contributed by atoms with van der Waals surface area (Å²) < 4.78 is 38.0. The number of benzene rings is 1. The van der Waals surface area contributed by atoms with E-state index in [-0.39, 0.29) is 18.4 Å². The van der Waals surface area contributed by atoms with Gasteiger partial charge in [-0.05, 0) is 30.9 Å². The van der Waals surface area contributed by atoms with E-state index in [2.05, 4.69) is 0 Å². The van der Waals surface area contributed by atoms with Crippen LogP contribution in [0.15, 0.2) is 18.2 Å². The first-order valence-electron chi connectivity index (χ1n) is 4.74. The van der Waals surface area contributed by atoms with Gasteiger partial charge in [0.2, 0.25) is 0 Å². The first-order valence-corrected chi connectivity index (χ1v) is 4.74. The maximum atomic E-state index is 12.7. The van der Waals surface area contributed by atoms with Crippen molar-refractivity contribution in [2.24, 2.45) is 0 Å². The summed E-state index contributed by atoms with van der Waals surface area (Å²) >= 11 is 0. The number of aliphatic hydroxyl groups is 1. The molecule has 82 valence electrons. The van der Waals surface area contributed by atoms with Crippen molar-refractivity contribution in [3.05, 3.63) is 34.9 Å². The highest BCUT2D eigenvalue weighted by Crippen LogP contribution is 2.47. The van der Waals surface area contributed by atoms with Crippen LogP contribution in [-0.2, 0) is 12.0 Å². The Hall–Kier alpha value is -1.03. The quantitative estimate of drug-likeness (QED) is 0.706. The van der Waals surface area contributed by atoms with Crippen molar-refractivity contribution in [1.29, 1.82) is 0 Å². The second kappa shape index (κ2) is 2.98. The van der Waals surface area contributed by atoms with Gasteiger partial charge in [-0.3, -0.25) is 0 Å². The molecular weight excluding hydrogens is 205 g/mol. The number of rotatable bonds is 0. The summed E-state index contributed by atoms with van der Waals surface area (Å²) in [6.45, 7) is 1.82. The highest BCUT2D eigenvalue weighted by Gasteiger charge is 2.57. The topological polar surface area (TPSA) is 20.2 Å². The molecule has 1 aliphatic carbocycles. The van der Waals surface area contributed by atoms with Crippen LogP contribution in [0.5, 0.6) is 0 Å². The molecule has 0 aliphatic heterocycles. The summed E-state index contributed by atoms with van der Waals surface area (Å²) in [4.78, 5) is 0. The van der Waals surface area contributed by atoms with Gasteiger partial charge in [-0.1, -0.05) is 23.8 Å². The largest absolute Gasteiger partial charge is 0.421 e. The van der Waals surface area contributed by atoms with Gasteiger partial charge in [-0.15, -0.1) is 0 Å². The fourth-order valence-corrected chi connectivity index (χ4v) is 2.08. The molecule has 0 aromatic heterocycles. The summed E-state index contributed by atoms with van der Waals surface area (Å²) in [5.74, 6) is 0. The Labute approximate surface area is 85.5 Å². The molecule has 1 atom stereocenters. The third-order valence-corrected chi connectivity index (χ3v) is 2.93. The molecule has 1 unspecified atom stereocenters. The Morgan fingerprint density at radius 2 is 2.00 bits per heavy atom. The lowest BCUT2D eigenvalue weighted by Crippen LogP contribution is -2.40. The van der Waals surface area contributed by atoms with Crippen molar-refractivity contribution >= 4 is 0 Å². The first kappa shape index (κ1) is 10.5. The van der Waals surface area contributed by atoms with Gasteiger partial charge < -0.3 is 5.11 Å². The Kier molecular flexibility index (Phi) is 2.08. The van der Waals surface area contributed by atoms with E-state index in [4.69, 9.17) is 0 Å². The van der Waals surface area contributed by atoms with Crippen LogP contribution in [0.2, 0.25) is 0 Å². The fraction of sp³-hybridized carbons (Fsp3) is 0.455. The van der Waals surface area contributed by atoms with Gasteiger partial charge in [0.15, 0.2) is 5.60 Å². The zero-order valence-electron chi connectivity index (χ0n) is 8.23. The average Bonchev–Trinajstić information content (AvgIpc) is 2.43. The van der Waals surface area contributed by atoms with Crippen molar-refractivity contribution in [1.82, 2.24) is 0 Å². The molecule has 0 radical (unpaired) electrons. The van der Waals surface area contributed by atoms with E-state index in [0.717, 1.165) is 5.56 Å². The SMILES string of the molecule is Cc1ccc2c(c1)CCC2(O)C(F)(F)F. The van der Waals surface area contributed by atoms with E-state index in [0.29, 0.717) is 5.56 Å². The molecule has 4 heteroatoms. The lowest BCUT2D eigenvalue weighted by atomic mass is 9.95. The van der Waals surface area contributed by atoms with Crippen LogP contribution < -0.4 is 0 Å². The smallest absolute Gasteiger partial charge is 0.376 e. The summed E-state index contributed by atoms with van der Waals surface area (Å²) in [5, 5.41) is 9.65. The predicted molar refractivity (Wildman–Crippen MR) is 49.5 cm³/mol. The van der Waals surface area contributed by atoms with Gasteiger partial charge in [0.25, 0.3) is 0 Å². The van der Waals surface area contributed by atoms with E-state index in [1.807, 2.05) is 6.92 Å². The molecule has 2 rings (SSSR count). The maximum Gasteiger partial charge on any atom is 0.421 e. The molecule has 1 aromatic rings. The molecular formula is C11H11F3O. The van der Waals surface area contributed by atoms with E-state index >= 15 is 0 Å². The molecule has 1 aromatic carbocycles. The highest BCUT2D eigenvalue weighted by atomic mass is 19.4. The van der Waals surface area contributed by atoms with Crippen LogP contribution in [0.3, 0.4) is 0 Å². The van der Waals surface area contributed by atoms with Crippen LogP contribution in [0, 0.1) is 6.92 Å². The minimum Gasteiger partial charge on any atom is -0.376 e. The van der Waals surface area contributed by atoms with E-state index in [9.17, 15) is 18.3 Å². The third-order valence-electron chi connectivity index (χ3n) is 2.93. The number of halogens is 3. The van der Waals surface area contributed by atoms with Crippen molar-refractivity contribution in [2.45, 2.75) is 31.5 Å². The number of fused-ring (bicyclic) bond motifs is 1. The number of aryl methyl sites for hydroxylation is 2. The van der Waals surface area contributed by atoms with E-state index < -0.39 is 11.8 Å². The summed E-state index contributed by atoms with van der Waals surface area (Å²) in [7, 11) is 0. The van der Waals surface area contributed by atoms with E-state index in [1.165, 1.54) is 6.07 Å². The molecule has 0 saturated heterocycles. The Morgan fingerprint density at radius 3 is 2.60 bits per heavy atom. The van der Waals surface area contributed by atoms with Crippen LogP contribution in [0.1, 0.15) is 23.1 Å². The summed E-state index contributed by atoms with van der Waals surface area (Å²) in [5.41, 5.74) is -1.11. The molecule has 1 aliphatic rings. The molecule has 1 nitrogen and oxygen atoms in total. The van der Waals surface area contributed by atoms with Gasteiger partial charge >= 0.3 is 6.18 Å². The second-order valence-electron chi connectivity index (χ2n) is 4.02. The van der Waals surface area contributed by atoms with Crippen LogP contribution in [-0.4, -0.2) is 11.3 Å². The summed E-state index contributed by atoms with van der Waals surface area (Å²) in [6.07, 6.45) is -4.57. The van der Waals surface area contributed by atoms with Gasteiger partial charge in [0.1, 0.15) is 0 Å². The monoisotopic (exact) mass is 216 g/mol. The van der Waals surface area contributed by atoms with Crippen LogP contribution in [0.4, 0.5) is 13.2 Å². The summed E-state index contributed by atoms with van der Waals surface area (Å²) in [6, 6.07) is 4.69. The number of hydrogen-bond donors (Lipinski definition) is 1. The van der Waals surface area contributed by atoms with Crippen LogP contribution in [0.25, 0.3) is 0 Å². The Balaban J connectivity index is 2.53. The maximum absolute atomic E-state index is 12.7. The van der Waals surface area contributed by atoms with Crippen molar-refractivity contribution in [3.63, 3.8) is 0 Å². The molecule has 0 heterocycles. The first-order chi connectivity index (χ1) is 6.84. The average molecular weight is 216 g/mol. The number of hydrogen-bond acceptors (Lipinski definition) is 1. The van der Waals surface area contributed by atoms with Crippen molar-refractivity contribution < 1.29 is 18.3 Å². The lowest BCUT2D eigenvalue weighted by molar-refractivity contribution is -0.265. The minimum absolute atomic E-state index is 0.0144. The van der Waals surface area contributed by atoms with Gasteiger partial charge in [0.05, 0.1) is 0 Å². The van der Waals surface area contributed by atoms with Gasteiger partial charge in [0, 0.05) is 0 Å². The Bertz CT molecular complexity index is 397. The van der Waals surface area contributed by atoms with Gasteiger partial charge in [-0.2, -0.15) is 13.2 Å². The predicted octanol–water partition coefficient (Wildman–Crippen LogP) is 2.69. The molecule has 0 fully saturated rings.